The Kier molecular flexibility index (Phi) is 5.97. The van der Waals surface area contributed by atoms with Crippen LogP contribution in [-0.4, -0.2) is 12.5 Å². The van der Waals surface area contributed by atoms with Gasteiger partial charge in [0.2, 0.25) is 0 Å². The van der Waals surface area contributed by atoms with Gasteiger partial charge in [0.25, 0.3) is 5.91 Å². The normalized spacial score (nSPS) is 10.7. The van der Waals surface area contributed by atoms with E-state index in [0.717, 1.165) is 11.3 Å². The quantitative estimate of drug-likeness (QED) is 0.591. The van der Waals surface area contributed by atoms with E-state index in [1.54, 1.807) is 29.6 Å². The molecular weight excluding hydrogens is 379 g/mol. The van der Waals surface area contributed by atoms with E-state index in [2.05, 4.69) is 10.1 Å². The molecule has 2 aromatic carbocycles. The van der Waals surface area contributed by atoms with Gasteiger partial charge >= 0.3 is 6.61 Å². The zero-order valence-corrected chi connectivity index (χ0v) is 14.6. The van der Waals surface area contributed by atoms with Crippen molar-refractivity contribution in [3.8, 4) is 11.5 Å². The number of ether oxygens (including phenoxy) is 2. The van der Waals surface area contributed by atoms with Gasteiger partial charge in [-0.1, -0.05) is 24.3 Å². The standard InChI is InChI=1S/C19H14F3NO3S/c20-13-5-1-3-7-15(13)25-10-12-9-17(27-11-12)18(24)23-14-6-2-4-8-16(14)26-19(21)22/h1-9,11,19H,10H2,(H,23,24). The minimum Gasteiger partial charge on any atom is -0.486 e. The Morgan fingerprint density at radius 2 is 1.78 bits per heavy atom. The second-order valence-electron chi connectivity index (χ2n) is 5.37. The number of thiophene rings is 1. The van der Waals surface area contributed by atoms with Crippen molar-refractivity contribution in [3.05, 3.63) is 76.2 Å². The first kappa shape index (κ1) is 18.8. The molecule has 1 N–H and O–H groups in total. The van der Waals surface area contributed by atoms with E-state index in [0.29, 0.717) is 10.4 Å². The van der Waals surface area contributed by atoms with Crippen LogP contribution in [0, 0.1) is 5.82 Å². The number of amides is 1. The maximum atomic E-state index is 13.5. The van der Waals surface area contributed by atoms with Crippen LogP contribution in [0.4, 0.5) is 18.9 Å². The molecule has 0 unspecified atom stereocenters. The first-order valence-electron chi connectivity index (χ1n) is 7.83. The summed E-state index contributed by atoms with van der Waals surface area (Å²) in [7, 11) is 0. The fourth-order valence-corrected chi connectivity index (χ4v) is 3.04. The third kappa shape index (κ3) is 5.01. The van der Waals surface area contributed by atoms with Gasteiger partial charge in [-0.05, 0) is 35.7 Å². The van der Waals surface area contributed by atoms with E-state index in [1.165, 1.54) is 30.3 Å². The Labute approximate surface area is 157 Å². The molecule has 27 heavy (non-hydrogen) atoms. The summed E-state index contributed by atoms with van der Waals surface area (Å²) >= 11 is 1.16. The van der Waals surface area contributed by atoms with Crippen LogP contribution in [0.25, 0.3) is 0 Å². The lowest BCUT2D eigenvalue weighted by molar-refractivity contribution is -0.0493. The predicted molar refractivity (Wildman–Crippen MR) is 96.1 cm³/mol. The van der Waals surface area contributed by atoms with Crippen molar-refractivity contribution in [2.24, 2.45) is 0 Å². The minimum absolute atomic E-state index is 0.0930. The molecule has 1 heterocycles. The molecule has 4 nitrogen and oxygen atoms in total. The summed E-state index contributed by atoms with van der Waals surface area (Å²) in [6.45, 7) is -2.90. The topological polar surface area (TPSA) is 47.6 Å². The van der Waals surface area contributed by atoms with Gasteiger partial charge in [0.05, 0.1) is 10.6 Å². The number of halogens is 3. The van der Waals surface area contributed by atoms with Crippen molar-refractivity contribution in [2.45, 2.75) is 13.2 Å². The van der Waals surface area contributed by atoms with Crippen LogP contribution in [0.5, 0.6) is 11.5 Å². The Bertz CT molecular complexity index is 930. The van der Waals surface area contributed by atoms with Gasteiger partial charge in [0.1, 0.15) is 12.4 Å². The lowest BCUT2D eigenvalue weighted by Crippen LogP contribution is -2.12. The van der Waals surface area contributed by atoms with Crippen LogP contribution >= 0.6 is 11.3 Å². The monoisotopic (exact) mass is 393 g/mol. The molecule has 0 saturated heterocycles. The summed E-state index contributed by atoms with van der Waals surface area (Å²) in [6.07, 6.45) is 0. The van der Waals surface area contributed by atoms with E-state index in [-0.39, 0.29) is 23.8 Å². The highest BCUT2D eigenvalue weighted by Crippen LogP contribution is 2.27. The molecule has 0 aliphatic heterocycles. The van der Waals surface area contributed by atoms with Gasteiger partial charge in [0, 0.05) is 5.56 Å². The molecule has 3 rings (SSSR count). The summed E-state index contributed by atoms with van der Waals surface area (Å²) in [5.74, 6) is -0.947. The minimum atomic E-state index is -2.99. The van der Waals surface area contributed by atoms with Crippen LogP contribution in [0.15, 0.2) is 60.0 Å². The molecule has 3 aromatic rings. The number of nitrogens with one attached hydrogen (secondary N) is 1. The van der Waals surface area contributed by atoms with Crippen molar-refractivity contribution in [1.82, 2.24) is 0 Å². The van der Waals surface area contributed by atoms with Gasteiger partial charge in [-0.2, -0.15) is 8.78 Å². The molecule has 0 spiro atoms. The Morgan fingerprint density at radius 1 is 1.07 bits per heavy atom. The molecule has 0 saturated carbocycles. The lowest BCUT2D eigenvalue weighted by Gasteiger charge is -2.10. The highest BCUT2D eigenvalue weighted by Gasteiger charge is 2.14. The zero-order chi connectivity index (χ0) is 19.2. The van der Waals surface area contributed by atoms with E-state index in [4.69, 9.17) is 4.74 Å². The number of para-hydroxylation sites is 3. The number of rotatable bonds is 7. The third-order valence-corrected chi connectivity index (χ3v) is 4.44. The molecule has 1 amide bonds. The second-order valence-corrected chi connectivity index (χ2v) is 6.28. The summed E-state index contributed by atoms with van der Waals surface area (Å²) in [5.41, 5.74) is 0.825. The molecule has 1 aromatic heterocycles. The summed E-state index contributed by atoms with van der Waals surface area (Å²) in [5, 5.41) is 4.25. The molecule has 0 aliphatic rings. The molecular formula is C19H14F3NO3S. The predicted octanol–water partition coefficient (Wildman–Crippen LogP) is 5.32. The van der Waals surface area contributed by atoms with Crippen LogP contribution in [0.2, 0.25) is 0 Å². The van der Waals surface area contributed by atoms with Crippen LogP contribution in [-0.2, 0) is 6.61 Å². The largest absolute Gasteiger partial charge is 0.486 e. The first-order valence-corrected chi connectivity index (χ1v) is 8.71. The number of anilines is 1. The lowest BCUT2D eigenvalue weighted by atomic mass is 10.2. The summed E-state index contributed by atoms with van der Waals surface area (Å²) in [4.78, 5) is 12.7. The van der Waals surface area contributed by atoms with Crippen LogP contribution in [0.1, 0.15) is 15.2 Å². The highest BCUT2D eigenvalue weighted by molar-refractivity contribution is 7.12. The van der Waals surface area contributed by atoms with Crippen LogP contribution in [0.3, 0.4) is 0 Å². The molecule has 0 fully saturated rings. The fraction of sp³-hybridized carbons (Fsp3) is 0.105. The number of benzene rings is 2. The van der Waals surface area contributed by atoms with E-state index < -0.39 is 18.3 Å². The number of hydrogen-bond donors (Lipinski definition) is 1. The fourth-order valence-electron chi connectivity index (χ4n) is 2.25. The SMILES string of the molecule is O=C(Nc1ccccc1OC(F)F)c1cc(COc2ccccc2F)cs1. The van der Waals surface area contributed by atoms with E-state index >= 15 is 0 Å². The molecule has 0 atom stereocenters. The van der Waals surface area contributed by atoms with Gasteiger partial charge in [-0.3, -0.25) is 4.79 Å². The molecule has 0 radical (unpaired) electrons. The van der Waals surface area contributed by atoms with Crippen LogP contribution < -0.4 is 14.8 Å². The smallest absolute Gasteiger partial charge is 0.387 e. The number of carbonyl (C=O) groups excluding carboxylic acids is 1. The van der Waals surface area contributed by atoms with Crippen molar-refractivity contribution in [2.75, 3.05) is 5.32 Å². The number of hydrogen-bond acceptors (Lipinski definition) is 4. The van der Waals surface area contributed by atoms with E-state index in [1.807, 2.05) is 0 Å². The number of alkyl halides is 2. The molecule has 140 valence electrons. The Morgan fingerprint density at radius 3 is 2.52 bits per heavy atom. The molecule has 8 heteroatoms. The summed E-state index contributed by atoms with van der Waals surface area (Å²) < 4.78 is 48.2. The zero-order valence-electron chi connectivity index (χ0n) is 13.8. The van der Waals surface area contributed by atoms with Crippen molar-refractivity contribution < 1.29 is 27.4 Å². The van der Waals surface area contributed by atoms with Crippen molar-refractivity contribution in [3.63, 3.8) is 0 Å². The van der Waals surface area contributed by atoms with Gasteiger partial charge in [-0.15, -0.1) is 11.3 Å². The van der Waals surface area contributed by atoms with Crippen molar-refractivity contribution in [1.29, 1.82) is 0 Å². The Balaban J connectivity index is 1.64. The van der Waals surface area contributed by atoms with Gasteiger partial charge < -0.3 is 14.8 Å². The summed E-state index contributed by atoms with van der Waals surface area (Å²) in [6, 6.07) is 13.5. The Hall–Kier alpha value is -3.00. The van der Waals surface area contributed by atoms with Crippen molar-refractivity contribution >= 4 is 22.9 Å². The first-order chi connectivity index (χ1) is 13.0. The van der Waals surface area contributed by atoms with Gasteiger partial charge in [-0.25, -0.2) is 4.39 Å². The highest BCUT2D eigenvalue weighted by atomic mass is 32.1. The third-order valence-electron chi connectivity index (χ3n) is 3.46. The maximum Gasteiger partial charge on any atom is 0.387 e. The average molecular weight is 393 g/mol. The molecule has 0 aliphatic carbocycles. The maximum absolute atomic E-state index is 13.5. The van der Waals surface area contributed by atoms with E-state index in [9.17, 15) is 18.0 Å². The second kappa shape index (κ2) is 8.59. The molecule has 0 bridgehead atoms. The van der Waals surface area contributed by atoms with Gasteiger partial charge in [0.15, 0.2) is 11.6 Å². The average Bonchev–Trinajstić information content (AvgIpc) is 3.11. The number of carbonyl (C=O) groups is 1.